The number of hydrogen-bond donors (Lipinski definition) is 0. The molecular weight excluding hydrogens is 202 g/mol. The number of carbonyl (C=O) groups excluding carboxylic acids is 1. The van der Waals surface area contributed by atoms with Crippen LogP contribution >= 0.6 is 0 Å². The molecule has 0 aliphatic rings. The van der Waals surface area contributed by atoms with Crippen molar-refractivity contribution in [3.05, 3.63) is 30.1 Å². The highest BCUT2D eigenvalue weighted by Crippen LogP contribution is 2.16. The maximum absolute atomic E-state index is 11.6. The summed E-state index contributed by atoms with van der Waals surface area (Å²) in [5.41, 5.74) is 1.14. The minimum atomic E-state index is -0.106. The van der Waals surface area contributed by atoms with E-state index in [1.807, 2.05) is 12.1 Å². The molecule has 1 unspecified atom stereocenters. The summed E-state index contributed by atoms with van der Waals surface area (Å²) in [5.74, 6) is -0.127. The monoisotopic (exact) mass is 221 g/mol. The van der Waals surface area contributed by atoms with Crippen LogP contribution in [0, 0.1) is 5.92 Å². The van der Waals surface area contributed by atoms with Crippen LogP contribution in [-0.2, 0) is 16.0 Å². The van der Waals surface area contributed by atoms with Gasteiger partial charge in [-0.05, 0) is 30.5 Å². The minimum Gasteiger partial charge on any atom is -0.469 e. The normalized spacial score (nSPS) is 12.1. The van der Waals surface area contributed by atoms with Crippen molar-refractivity contribution in [3.63, 3.8) is 0 Å². The Hall–Kier alpha value is -1.38. The molecule has 3 heteroatoms. The second-order valence-corrected chi connectivity index (χ2v) is 3.92. The van der Waals surface area contributed by atoms with Gasteiger partial charge < -0.3 is 4.74 Å². The molecule has 3 nitrogen and oxygen atoms in total. The zero-order valence-electron chi connectivity index (χ0n) is 9.98. The molecule has 0 radical (unpaired) electrons. The van der Waals surface area contributed by atoms with E-state index in [-0.39, 0.29) is 11.9 Å². The molecule has 16 heavy (non-hydrogen) atoms. The van der Waals surface area contributed by atoms with Crippen molar-refractivity contribution in [2.45, 2.75) is 32.6 Å². The Morgan fingerprint density at radius 1 is 1.44 bits per heavy atom. The highest BCUT2D eigenvalue weighted by atomic mass is 16.5. The van der Waals surface area contributed by atoms with Gasteiger partial charge in [-0.1, -0.05) is 19.8 Å². The Morgan fingerprint density at radius 3 is 2.69 bits per heavy atom. The van der Waals surface area contributed by atoms with Crippen LogP contribution in [-0.4, -0.2) is 18.1 Å². The molecule has 1 rings (SSSR count). The number of nitrogens with zero attached hydrogens (tertiary/aromatic N) is 1. The number of hydrogen-bond acceptors (Lipinski definition) is 3. The highest BCUT2D eigenvalue weighted by molar-refractivity contribution is 5.72. The Morgan fingerprint density at radius 2 is 2.12 bits per heavy atom. The fourth-order valence-corrected chi connectivity index (χ4v) is 1.72. The van der Waals surface area contributed by atoms with Crippen molar-refractivity contribution < 1.29 is 9.53 Å². The lowest BCUT2D eigenvalue weighted by Gasteiger charge is -2.13. The Kier molecular flexibility index (Phi) is 5.54. The van der Waals surface area contributed by atoms with Crippen LogP contribution in [0.25, 0.3) is 0 Å². The van der Waals surface area contributed by atoms with Gasteiger partial charge in [0.25, 0.3) is 0 Å². The first-order valence-corrected chi connectivity index (χ1v) is 5.74. The van der Waals surface area contributed by atoms with Crippen molar-refractivity contribution in [2.75, 3.05) is 7.11 Å². The number of methoxy groups -OCH3 is 1. The minimum absolute atomic E-state index is 0.0210. The Bertz CT molecular complexity index is 311. The molecule has 0 bridgehead atoms. The number of ether oxygens (including phenoxy) is 1. The molecule has 0 aliphatic heterocycles. The van der Waals surface area contributed by atoms with Gasteiger partial charge in [0, 0.05) is 12.4 Å². The largest absolute Gasteiger partial charge is 0.469 e. The average molecular weight is 221 g/mol. The fourth-order valence-electron chi connectivity index (χ4n) is 1.72. The van der Waals surface area contributed by atoms with Gasteiger partial charge in [0.05, 0.1) is 13.0 Å². The molecule has 88 valence electrons. The standard InChI is InChI=1S/C13H19NO2/c1-3-4-5-12(13(15)16-2)10-11-6-8-14-9-7-11/h6-9,12H,3-5,10H2,1-2H3. The number of pyridine rings is 1. The average Bonchev–Trinajstić information content (AvgIpc) is 2.34. The summed E-state index contributed by atoms with van der Waals surface area (Å²) in [5, 5.41) is 0. The molecule has 1 aromatic rings. The lowest BCUT2D eigenvalue weighted by molar-refractivity contribution is -0.145. The number of esters is 1. The first-order valence-electron chi connectivity index (χ1n) is 5.74. The Balaban J connectivity index is 2.59. The molecule has 1 aromatic heterocycles. The molecule has 0 N–H and O–H groups in total. The SMILES string of the molecule is CCCCC(Cc1ccncc1)C(=O)OC. The molecule has 0 saturated carbocycles. The summed E-state index contributed by atoms with van der Waals surface area (Å²) < 4.78 is 4.83. The van der Waals surface area contributed by atoms with Gasteiger partial charge in [-0.15, -0.1) is 0 Å². The van der Waals surface area contributed by atoms with Gasteiger partial charge in [0.2, 0.25) is 0 Å². The number of rotatable bonds is 6. The van der Waals surface area contributed by atoms with Crippen LogP contribution < -0.4 is 0 Å². The van der Waals surface area contributed by atoms with Crippen molar-refractivity contribution in [1.29, 1.82) is 0 Å². The van der Waals surface area contributed by atoms with E-state index < -0.39 is 0 Å². The molecule has 0 saturated heterocycles. The van der Waals surface area contributed by atoms with Crippen LogP contribution in [0.5, 0.6) is 0 Å². The van der Waals surface area contributed by atoms with E-state index in [9.17, 15) is 4.79 Å². The molecule has 1 atom stereocenters. The lowest BCUT2D eigenvalue weighted by Crippen LogP contribution is -2.18. The molecule has 0 aromatic carbocycles. The lowest BCUT2D eigenvalue weighted by atomic mass is 9.95. The van der Waals surface area contributed by atoms with E-state index in [1.165, 1.54) is 7.11 Å². The highest BCUT2D eigenvalue weighted by Gasteiger charge is 2.18. The summed E-state index contributed by atoms with van der Waals surface area (Å²) in [4.78, 5) is 15.5. The summed E-state index contributed by atoms with van der Waals surface area (Å²) in [6, 6.07) is 3.89. The maximum atomic E-state index is 11.6. The maximum Gasteiger partial charge on any atom is 0.308 e. The van der Waals surface area contributed by atoms with E-state index in [4.69, 9.17) is 4.74 Å². The number of aromatic nitrogens is 1. The summed E-state index contributed by atoms with van der Waals surface area (Å²) in [7, 11) is 1.45. The molecule has 0 aliphatic carbocycles. The van der Waals surface area contributed by atoms with Gasteiger partial charge in [-0.3, -0.25) is 9.78 Å². The van der Waals surface area contributed by atoms with Crippen LogP contribution in [0.2, 0.25) is 0 Å². The zero-order chi connectivity index (χ0) is 11.8. The molecule has 0 spiro atoms. The van der Waals surface area contributed by atoms with E-state index in [2.05, 4.69) is 11.9 Å². The van der Waals surface area contributed by atoms with Gasteiger partial charge >= 0.3 is 5.97 Å². The van der Waals surface area contributed by atoms with Crippen LogP contribution in [0.1, 0.15) is 31.7 Å². The van der Waals surface area contributed by atoms with Gasteiger partial charge in [0.1, 0.15) is 0 Å². The second kappa shape index (κ2) is 6.99. The molecular formula is C13H19NO2. The van der Waals surface area contributed by atoms with Crippen molar-refractivity contribution in [1.82, 2.24) is 4.98 Å². The van der Waals surface area contributed by atoms with Crippen LogP contribution in [0.4, 0.5) is 0 Å². The fraction of sp³-hybridized carbons (Fsp3) is 0.538. The number of unbranched alkanes of at least 4 members (excludes halogenated alkanes) is 1. The second-order valence-electron chi connectivity index (χ2n) is 3.92. The van der Waals surface area contributed by atoms with Crippen molar-refractivity contribution >= 4 is 5.97 Å². The van der Waals surface area contributed by atoms with E-state index in [0.717, 1.165) is 31.2 Å². The van der Waals surface area contributed by atoms with Gasteiger partial charge in [-0.2, -0.15) is 0 Å². The first kappa shape index (κ1) is 12.7. The Labute approximate surface area is 96.8 Å². The summed E-state index contributed by atoms with van der Waals surface area (Å²) in [6.07, 6.45) is 7.31. The smallest absolute Gasteiger partial charge is 0.308 e. The summed E-state index contributed by atoms with van der Waals surface area (Å²) in [6.45, 7) is 2.13. The van der Waals surface area contributed by atoms with Crippen molar-refractivity contribution in [3.8, 4) is 0 Å². The van der Waals surface area contributed by atoms with Crippen LogP contribution in [0.3, 0.4) is 0 Å². The third-order valence-corrected chi connectivity index (χ3v) is 2.67. The predicted molar refractivity (Wildman–Crippen MR) is 63.0 cm³/mol. The first-order chi connectivity index (χ1) is 7.77. The quantitative estimate of drug-likeness (QED) is 0.693. The third kappa shape index (κ3) is 4.01. The van der Waals surface area contributed by atoms with E-state index >= 15 is 0 Å². The molecule has 1 heterocycles. The van der Waals surface area contributed by atoms with Crippen LogP contribution in [0.15, 0.2) is 24.5 Å². The van der Waals surface area contributed by atoms with Gasteiger partial charge in [0.15, 0.2) is 0 Å². The zero-order valence-corrected chi connectivity index (χ0v) is 9.98. The molecule has 0 fully saturated rings. The van der Waals surface area contributed by atoms with Gasteiger partial charge in [-0.25, -0.2) is 0 Å². The molecule has 0 amide bonds. The number of carbonyl (C=O) groups is 1. The van der Waals surface area contributed by atoms with E-state index in [1.54, 1.807) is 12.4 Å². The predicted octanol–water partition coefficient (Wildman–Crippen LogP) is 2.60. The van der Waals surface area contributed by atoms with Crippen molar-refractivity contribution in [2.24, 2.45) is 5.92 Å². The van der Waals surface area contributed by atoms with E-state index in [0.29, 0.717) is 0 Å². The topological polar surface area (TPSA) is 39.2 Å². The third-order valence-electron chi connectivity index (χ3n) is 2.67. The summed E-state index contributed by atoms with van der Waals surface area (Å²) >= 11 is 0.